The van der Waals surface area contributed by atoms with Crippen LogP contribution in [0.1, 0.15) is 70.5 Å². The van der Waals surface area contributed by atoms with Gasteiger partial charge < -0.3 is 9.47 Å². The van der Waals surface area contributed by atoms with Crippen molar-refractivity contribution in [3.63, 3.8) is 0 Å². The van der Waals surface area contributed by atoms with Crippen molar-refractivity contribution in [3.05, 3.63) is 46.0 Å². The van der Waals surface area contributed by atoms with Gasteiger partial charge in [-0.15, -0.1) is 11.3 Å². The first-order valence-electron chi connectivity index (χ1n) is 12.0. The van der Waals surface area contributed by atoms with Crippen molar-refractivity contribution in [2.24, 2.45) is 23.7 Å². The van der Waals surface area contributed by atoms with E-state index >= 15 is 0 Å². The molecule has 0 amide bonds. The molecule has 2 aliphatic rings. The largest absolute Gasteiger partial charge is 0.462 e. The van der Waals surface area contributed by atoms with Gasteiger partial charge >= 0.3 is 11.9 Å². The van der Waals surface area contributed by atoms with Crippen LogP contribution in [-0.4, -0.2) is 29.1 Å². The van der Waals surface area contributed by atoms with Gasteiger partial charge in [0.15, 0.2) is 0 Å². The second-order valence-corrected chi connectivity index (χ2v) is 10.8. The number of carbonyl (C=O) groups excluding carboxylic acids is 2. The fourth-order valence-electron chi connectivity index (χ4n) is 5.27. The van der Waals surface area contributed by atoms with Gasteiger partial charge in [0, 0.05) is 31.2 Å². The lowest BCUT2D eigenvalue weighted by molar-refractivity contribution is -0.148. The molecule has 0 unspecified atom stereocenters. The first-order chi connectivity index (χ1) is 15.7. The summed E-state index contributed by atoms with van der Waals surface area (Å²) in [4.78, 5) is 28.7. The minimum atomic E-state index is -0.330. The molecule has 1 aromatic heterocycles. The Hall–Kier alpha value is -2.21. The maximum atomic E-state index is 12.6. The monoisotopic (exact) mass is 471 g/mol. The second-order valence-electron chi connectivity index (χ2n) is 9.69. The predicted molar refractivity (Wildman–Crippen MR) is 133 cm³/mol. The molecule has 1 aromatic rings. The average molecular weight is 472 g/mol. The number of rotatable bonds is 5. The zero-order valence-electron chi connectivity index (χ0n) is 20.5. The van der Waals surface area contributed by atoms with Crippen LogP contribution in [0.2, 0.25) is 0 Å². The summed E-state index contributed by atoms with van der Waals surface area (Å²) in [5, 5.41) is 2.90. The maximum absolute atomic E-state index is 12.6. The minimum absolute atomic E-state index is 0.109. The highest BCUT2D eigenvalue weighted by Gasteiger charge is 2.38. The van der Waals surface area contributed by atoms with Crippen molar-refractivity contribution in [1.29, 1.82) is 0 Å². The Morgan fingerprint density at radius 3 is 2.39 bits per heavy atom. The molecular formula is C27H37NO4S. The van der Waals surface area contributed by atoms with Crippen LogP contribution in [0.3, 0.4) is 0 Å². The van der Waals surface area contributed by atoms with Crippen LogP contribution in [-0.2, 0) is 19.1 Å². The quantitative estimate of drug-likeness (QED) is 0.287. The summed E-state index contributed by atoms with van der Waals surface area (Å²) in [6.07, 6.45) is 13.4. The number of ether oxygens (including phenoxy) is 2. The zero-order valence-corrected chi connectivity index (χ0v) is 21.3. The SMILES string of the molecule is CC(=O)O[C@@H]1CC=CC[C@@H](OC(=O)C=Cc2csc(C)n2)C[C@H]2C(C)=CC[C@H](C(C)C)[C@H]2C1. The summed E-state index contributed by atoms with van der Waals surface area (Å²) in [6, 6.07) is 0. The molecule has 0 bridgehead atoms. The number of hydrogen-bond acceptors (Lipinski definition) is 6. The van der Waals surface area contributed by atoms with E-state index in [2.05, 4.69) is 44.0 Å². The molecule has 0 saturated heterocycles. The van der Waals surface area contributed by atoms with Crippen LogP contribution < -0.4 is 0 Å². The molecule has 5 atom stereocenters. The number of aromatic nitrogens is 1. The summed E-state index contributed by atoms with van der Waals surface area (Å²) in [5.74, 6) is 1.19. The Morgan fingerprint density at radius 2 is 1.79 bits per heavy atom. The summed E-state index contributed by atoms with van der Waals surface area (Å²) in [7, 11) is 0. The maximum Gasteiger partial charge on any atom is 0.331 e. The van der Waals surface area contributed by atoms with Crippen molar-refractivity contribution >= 4 is 29.4 Å². The van der Waals surface area contributed by atoms with Crippen LogP contribution in [0.25, 0.3) is 6.08 Å². The normalized spacial score (nSPS) is 28.3. The molecule has 0 saturated carbocycles. The lowest BCUT2D eigenvalue weighted by Gasteiger charge is -2.42. The third-order valence-electron chi connectivity index (χ3n) is 6.88. The predicted octanol–water partition coefficient (Wildman–Crippen LogP) is 6.29. The number of aryl methyl sites for hydroxylation is 1. The van der Waals surface area contributed by atoms with E-state index in [1.54, 1.807) is 17.4 Å². The first-order valence-corrected chi connectivity index (χ1v) is 12.9. The topological polar surface area (TPSA) is 65.5 Å². The van der Waals surface area contributed by atoms with Gasteiger partial charge in [0.05, 0.1) is 10.7 Å². The molecule has 5 nitrogen and oxygen atoms in total. The Labute approximate surface area is 202 Å². The van der Waals surface area contributed by atoms with Crippen molar-refractivity contribution in [2.75, 3.05) is 0 Å². The first kappa shape index (κ1) is 25.4. The summed E-state index contributed by atoms with van der Waals surface area (Å²) < 4.78 is 11.6. The van der Waals surface area contributed by atoms with Gasteiger partial charge in [0.2, 0.25) is 0 Å². The minimum Gasteiger partial charge on any atom is -0.462 e. The van der Waals surface area contributed by atoms with Gasteiger partial charge in [-0.25, -0.2) is 9.78 Å². The van der Waals surface area contributed by atoms with E-state index in [1.165, 1.54) is 18.6 Å². The van der Waals surface area contributed by atoms with Crippen molar-refractivity contribution in [3.8, 4) is 0 Å². The molecular weight excluding hydrogens is 434 g/mol. The lowest BCUT2D eigenvalue weighted by Crippen LogP contribution is -2.37. The van der Waals surface area contributed by atoms with E-state index in [9.17, 15) is 9.59 Å². The third-order valence-corrected chi connectivity index (χ3v) is 7.67. The number of esters is 2. The highest BCUT2D eigenvalue weighted by Crippen LogP contribution is 2.44. The highest BCUT2D eigenvalue weighted by atomic mass is 32.1. The molecule has 180 valence electrons. The molecule has 0 aromatic carbocycles. The molecule has 0 spiro atoms. The fraction of sp³-hybridized carbons (Fsp3) is 0.593. The number of nitrogens with zero attached hydrogens (tertiary/aromatic N) is 1. The molecule has 0 aliphatic heterocycles. The number of carbonyl (C=O) groups is 2. The number of fused-ring (bicyclic) bond motifs is 1. The molecule has 0 fully saturated rings. The van der Waals surface area contributed by atoms with Crippen molar-refractivity contribution in [2.45, 2.75) is 78.9 Å². The van der Waals surface area contributed by atoms with Gasteiger partial charge in [-0.1, -0.05) is 37.6 Å². The number of thiazole rings is 1. The van der Waals surface area contributed by atoms with Crippen molar-refractivity contribution < 1.29 is 19.1 Å². The van der Waals surface area contributed by atoms with E-state index in [1.807, 2.05) is 12.3 Å². The standard InChI is InChI=1S/C27H37NO4S/c1-17(2)24-12-10-18(3)25-14-23(32-27(30)13-11-21-16-33-19(4)28-21)9-7-6-8-22(15-26(24)25)31-20(5)29/h6-7,10-11,13,16-17,22-26H,8-9,12,14-15H2,1-5H3/t22-,23-,24-,25+,26-/m1/s1. The third kappa shape index (κ3) is 7.39. The van der Waals surface area contributed by atoms with Crippen LogP contribution >= 0.6 is 11.3 Å². The average Bonchev–Trinajstić information content (AvgIpc) is 3.16. The van der Waals surface area contributed by atoms with Gasteiger partial charge in [-0.3, -0.25) is 4.79 Å². The van der Waals surface area contributed by atoms with Crippen molar-refractivity contribution in [1.82, 2.24) is 4.98 Å². The van der Waals surface area contributed by atoms with Gasteiger partial charge in [-0.2, -0.15) is 0 Å². The molecule has 2 aliphatic carbocycles. The Bertz CT molecular complexity index is 913. The van der Waals surface area contributed by atoms with E-state index in [-0.39, 0.29) is 24.1 Å². The molecule has 3 rings (SSSR count). The molecule has 0 radical (unpaired) electrons. The van der Waals surface area contributed by atoms with Gasteiger partial charge in [0.1, 0.15) is 12.2 Å². The molecule has 1 heterocycles. The smallest absolute Gasteiger partial charge is 0.331 e. The van der Waals surface area contributed by atoms with E-state index in [0.717, 1.165) is 30.0 Å². The molecule has 0 N–H and O–H groups in total. The van der Waals surface area contributed by atoms with Crippen LogP contribution in [0.5, 0.6) is 0 Å². The Balaban J connectivity index is 1.79. The fourth-order valence-corrected chi connectivity index (χ4v) is 5.85. The van der Waals surface area contributed by atoms with Crippen LogP contribution in [0, 0.1) is 30.6 Å². The number of hydrogen-bond donors (Lipinski definition) is 0. The van der Waals surface area contributed by atoms with E-state index in [0.29, 0.717) is 36.5 Å². The summed E-state index contributed by atoms with van der Waals surface area (Å²) in [6.45, 7) is 10.2. The van der Waals surface area contributed by atoms with Crippen LogP contribution in [0.4, 0.5) is 0 Å². The second kappa shape index (κ2) is 11.8. The van der Waals surface area contributed by atoms with Gasteiger partial charge in [0.25, 0.3) is 0 Å². The van der Waals surface area contributed by atoms with E-state index in [4.69, 9.17) is 9.47 Å². The number of allylic oxidation sites excluding steroid dienone is 2. The highest BCUT2D eigenvalue weighted by molar-refractivity contribution is 7.09. The summed E-state index contributed by atoms with van der Waals surface area (Å²) >= 11 is 1.56. The Morgan fingerprint density at radius 1 is 1.09 bits per heavy atom. The Kier molecular flexibility index (Phi) is 9.07. The molecule has 33 heavy (non-hydrogen) atoms. The summed E-state index contributed by atoms with van der Waals surface area (Å²) in [5.41, 5.74) is 2.14. The lowest BCUT2D eigenvalue weighted by atomic mass is 9.64. The van der Waals surface area contributed by atoms with Gasteiger partial charge in [-0.05, 0) is 62.9 Å². The van der Waals surface area contributed by atoms with Crippen LogP contribution in [0.15, 0.2) is 35.3 Å². The zero-order chi connectivity index (χ0) is 24.0. The van der Waals surface area contributed by atoms with E-state index < -0.39 is 0 Å². The molecule has 6 heteroatoms.